The van der Waals surface area contributed by atoms with Crippen LogP contribution in [0, 0.1) is 5.92 Å². The van der Waals surface area contributed by atoms with Gasteiger partial charge in [0.05, 0.1) is 18.9 Å². The van der Waals surface area contributed by atoms with Gasteiger partial charge in [0.15, 0.2) is 5.82 Å². The van der Waals surface area contributed by atoms with Gasteiger partial charge in [0.2, 0.25) is 5.95 Å². The van der Waals surface area contributed by atoms with Crippen LogP contribution in [-0.2, 0) is 17.4 Å². The summed E-state index contributed by atoms with van der Waals surface area (Å²) in [4.78, 5) is 29.9. The summed E-state index contributed by atoms with van der Waals surface area (Å²) in [7, 11) is 1.77. The number of nitrogens with zero attached hydrogens (tertiary/aromatic N) is 5. The Balaban J connectivity index is 1.13. The molecule has 6 rings (SSSR count). The van der Waals surface area contributed by atoms with Gasteiger partial charge in [-0.05, 0) is 50.7 Å². The van der Waals surface area contributed by atoms with Gasteiger partial charge in [0.1, 0.15) is 28.4 Å². The molecular formula is C29H31F3N6O3. The minimum Gasteiger partial charge on any atom is -0.491 e. The number of aryl methyl sites for hydroxylation is 1. The Morgan fingerprint density at radius 2 is 1.88 bits per heavy atom. The predicted molar refractivity (Wildman–Crippen MR) is 147 cm³/mol. The highest BCUT2D eigenvalue weighted by Gasteiger charge is 2.49. The number of likely N-dealkylation sites (N-methyl/N-ethyl adjacent to an activating group) is 1. The van der Waals surface area contributed by atoms with Crippen molar-refractivity contribution in [3.8, 4) is 17.0 Å². The average Bonchev–Trinajstić information content (AvgIpc) is 2.95. The van der Waals surface area contributed by atoms with Crippen LogP contribution in [0.5, 0.6) is 5.75 Å². The van der Waals surface area contributed by atoms with Crippen molar-refractivity contribution in [3.63, 3.8) is 0 Å². The minimum atomic E-state index is -4.55. The third-order valence-electron chi connectivity index (χ3n) is 8.31. The number of hydrogen-bond donors (Lipinski definition) is 2. The first-order valence-corrected chi connectivity index (χ1v) is 13.7. The summed E-state index contributed by atoms with van der Waals surface area (Å²) in [5.74, 6) is 1.45. The van der Waals surface area contributed by atoms with Gasteiger partial charge in [-0.1, -0.05) is 30.3 Å². The molecule has 2 aliphatic heterocycles. The molecule has 12 heteroatoms. The Bertz CT molecular complexity index is 1460. The van der Waals surface area contributed by atoms with Gasteiger partial charge in [-0.2, -0.15) is 18.2 Å². The Labute approximate surface area is 235 Å². The van der Waals surface area contributed by atoms with E-state index in [0.717, 1.165) is 43.1 Å². The fourth-order valence-corrected chi connectivity index (χ4v) is 5.70. The molecule has 2 aromatic heterocycles. The summed E-state index contributed by atoms with van der Waals surface area (Å²) in [5, 5.41) is 13.5. The van der Waals surface area contributed by atoms with E-state index in [2.05, 4.69) is 10.3 Å². The fourth-order valence-electron chi connectivity index (χ4n) is 5.70. The van der Waals surface area contributed by atoms with Crippen LogP contribution in [0.15, 0.2) is 42.5 Å². The fraction of sp³-hybridized carbons (Fsp3) is 0.448. The Morgan fingerprint density at radius 1 is 1.12 bits per heavy atom. The van der Waals surface area contributed by atoms with Crippen LogP contribution in [0.3, 0.4) is 0 Å². The number of aliphatic hydroxyl groups is 1. The largest absolute Gasteiger partial charge is 0.491 e. The zero-order valence-corrected chi connectivity index (χ0v) is 22.8. The molecule has 0 radical (unpaired) electrons. The van der Waals surface area contributed by atoms with Crippen LogP contribution < -0.4 is 19.9 Å². The van der Waals surface area contributed by atoms with Crippen LogP contribution in [0.2, 0.25) is 0 Å². The van der Waals surface area contributed by atoms with Gasteiger partial charge >= 0.3 is 6.18 Å². The van der Waals surface area contributed by atoms with Gasteiger partial charge in [-0.15, -0.1) is 0 Å². The van der Waals surface area contributed by atoms with Crippen LogP contribution in [0.1, 0.15) is 37.6 Å². The molecule has 9 nitrogen and oxygen atoms in total. The Kier molecular flexibility index (Phi) is 6.75. The first kappa shape index (κ1) is 27.3. The number of ether oxygens (including phenoxy) is 1. The molecule has 1 aromatic carbocycles. The number of nitrogens with one attached hydrogen (secondary N) is 1. The number of carbonyl (C=O) groups is 1. The summed E-state index contributed by atoms with van der Waals surface area (Å²) >= 11 is 0. The normalized spacial score (nSPS) is 23.6. The monoisotopic (exact) mass is 568 g/mol. The number of aliphatic hydroxyl groups excluding tert-OH is 1. The number of aromatic nitrogens is 3. The number of halogens is 3. The maximum absolute atomic E-state index is 13.3. The van der Waals surface area contributed by atoms with Crippen molar-refractivity contribution in [2.75, 3.05) is 41.9 Å². The van der Waals surface area contributed by atoms with Crippen molar-refractivity contribution in [1.82, 2.24) is 15.0 Å². The summed E-state index contributed by atoms with van der Waals surface area (Å²) in [5.41, 5.74) is 0.192. The first-order chi connectivity index (χ1) is 19.6. The Morgan fingerprint density at radius 3 is 2.59 bits per heavy atom. The molecule has 216 valence electrons. The average molecular weight is 569 g/mol. The quantitative estimate of drug-likeness (QED) is 0.435. The molecule has 2 N–H and O–H groups in total. The SMILES string of the molecule is CN1c2nc(N[C@H]3C[C@@H](COc4ccc(C(F)(F)F)nc4-c4ccccc4)C3)nc3c2N(CCC3)C(=O)[C@]1(C)CO. The molecule has 0 saturated heterocycles. The van der Waals surface area contributed by atoms with Crippen molar-refractivity contribution < 1.29 is 27.8 Å². The van der Waals surface area contributed by atoms with Crippen LogP contribution >= 0.6 is 0 Å². The zero-order valence-electron chi connectivity index (χ0n) is 22.8. The van der Waals surface area contributed by atoms with E-state index in [1.807, 2.05) is 0 Å². The van der Waals surface area contributed by atoms with Crippen molar-refractivity contribution >= 4 is 23.4 Å². The van der Waals surface area contributed by atoms with E-state index in [1.165, 1.54) is 6.07 Å². The van der Waals surface area contributed by atoms with Crippen molar-refractivity contribution in [1.29, 1.82) is 0 Å². The third kappa shape index (κ3) is 4.83. The lowest BCUT2D eigenvalue weighted by Crippen LogP contribution is -2.64. The van der Waals surface area contributed by atoms with E-state index in [-0.39, 0.29) is 30.2 Å². The number of hydrogen-bond acceptors (Lipinski definition) is 8. The second kappa shape index (κ2) is 10.2. The number of pyridine rings is 1. The van der Waals surface area contributed by atoms with Gasteiger partial charge in [0, 0.05) is 25.2 Å². The summed E-state index contributed by atoms with van der Waals surface area (Å²) in [6, 6.07) is 11.1. The topological polar surface area (TPSA) is 104 Å². The lowest BCUT2D eigenvalue weighted by Gasteiger charge is -2.48. The number of alkyl halides is 3. The minimum absolute atomic E-state index is 0.104. The molecule has 1 saturated carbocycles. The zero-order chi connectivity index (χ0) is 28.9. The molecule has 3 aromatic rings. The summed E-state index contributed by atoms with van der Waals surface area (Å²) in [6.07, 6.45) is -1.48. The molecule has 3 aliphatic rings. The summed E-state index contributed by atoms with van der Waals surface area (Å²) < 4.78 is 46.0. The standard InChI is InChI=1S/C29H31F3N6O3/c1-28(16-39)26(40)38-12-6-9-20-24(38)25(37(28)2)36-27(34-20)33-19-13-17(14-19)15-41-21-10-11-22(29(30,31)32)35-23(21)18-7-4-3-5-8-18/h3-5,7-8,10-11,17,19,39H,6,9,12-16H2,1-2H3,(H,33,34,36)/t17-,19+,28-/m0/s1. The Hall–Kier alpha value is -3.93. The molecule has 0 bridgehead atoms. The van der Waals surface area contributed by atoms with Gasteiger partial charge < -0.3 is 25.0 Å². The molecule has 4 heterocycles. The van der Waals surface area contributed by atoms with E-state index in [1.54, 1.807) is 54.1 Å². The molecule has 1 fully saturated rings. The maximum Gasteiger partial charge on any atom is 0.433 e. The molecule has 1 amide bonds. The predicted octanol–water partition coefficient (Wildman–Crippen LogP) is 4.31. The van der Waals surface area contributed by atoms with Crippen molar-refractivity contribution in [2.24, 2.45) is 5.92 Å². The molecule has 1 aliphatic carbocycles. The van der Waals surface area contributed by atoms with Crippen LogP contribution in [0.4, 0.5) is 30.6 Å². The highest BCUT2D eigenvalue weighted by Crippen LogP contribution is 2.43. The van der Waals surface area contributed by atoms with E-state index >= 15 is 0 Å². The van der Waals surface area contributed by atoms with Crippen molar-refractivity contribution in [3.05, 3.63) is 53.9 Å². The first-order valence-electron chi connectivity index (χ1n) is 13.7. The number of rotatable bonds is 7. The van der Waals surface area contributed by atoms with Gasteiger partial charge in [0.25, 0.3) is 5.91 Å². The molecule has 0 unspecified atom stereocenters. The smallest absolute Gasteiger partial charge is 0.433 e. The van der Waals surface area contributed by atoms with Gasteiger partial charge in [-0.25, -0.2) is 9.97 Å². The number of benzene rings is 1. The highest BCUT2D eigenvalue weighted by molar-refractivity contribution is 6.08. The highest BCUT2D eigenvalue weighted by atomic mass is 19.4. The molecule has 1 atom stereocenters. The van der Waals surface area contributed by atoms with E-state index in [4.69, 9.17) is 14.7 Å². The second-order valence-electron chi connectivity index (χ2n) is 11.1. The third-order valence-corrected chi connectivity index (χ3v) is 8.31. The second-order valence-corrected chi connectivity index (χ2v) is 11.1. The molecular weight excluding hydrogens is 537 g/mol. The number of anilines is 3. The van der Waals surface area contributed by atoms with Crippen LogP contribution in [-0.4, -0.2) is 64.4 Å². The molecule has 0 spiro atoms. The lowest BCUT2D eigenvalue weighted by molar-refractivity contribution is -0.141. The van der Waals surface area contributed by atoms with Gasteiger partial charge in [-0.3, -0.25) is 4.79 Å². The number of amides is 1. The van der Waals surface area contributed by atoms with E-state index in [0.29, 0.717) is 36.2 Å². The maximum atomic E-state index is 13.3. The van der Waals surface area contributed by atoms with Crippen LogP contribution in [0.25, 0.3) is 11.3 Å². The van der Waals surface area contributed by atoms with Crippen molar-refractivity contribution in [2.45, 2.75) is 50.4 Å². The summed E-state index contributed by atoms with van der Waals surface area (Å²) in [6.45, 7) is 2.30. The number of carbonyl (C=O) groups excluding carboxylic acids is 1. The lowest BCUT2D eigenvalue weighted by atomic mass is 9.81. The molecule has 41 heavy (non-hydrogen) atoms. The van der Waals surface area contributed by atoms with E-state index < -0.39 is 17.4 Å². The van der Waals surface area contributed by atoms with E-state index in [9.17, 15) is 23.1 Å².